The number of carboxylic acid groups (broad SMARTS) is 1. The number of hydrogen-bond donors (Lipinski definition) is 1. The Morgan fingerprint density at radius 1 is 1.20 bits per heavy atom. The van der Waals surface area contributed by atoms with Gasteiger partial charge in [0.05, 0.1) is 6.54 Å². The van der Waals surface area contributed by atoms with Gasteiger partial charge in [-0.2, -0.15) is 0 Å². The number of amides is 1. The minimum absolute atomic E-state index is 0.322. The van der Waals surface area contributed by atoms with Crippen molar-refractivity contribution >= 4 is 34.7 Å². The van der Waals surface area contributed by atoms with Crippen LogP contribution in [0.3, 0.4) is 0 Å². The summed E-state index contributed by atoms with van der Waals surface area (Å²) in [6.07, 6.45) is 2.56. The summed E-state index contributed by atoms with van der Waals surface area (Å²) in [5, 5.41) is 8.62. The van der Waals surface area contributed by atoms with Gasteiger partial charge in [0.25, 0.3) is 0 Å². The number of carbonyl (C=O) groups excluding carboxylic acids is 1. The van der Waals surface area contributed by atoms with Gasteiger partial charge in [-0.05, 0) is 74.0 Å². The first-order chi connectivity index (χ1) is 11.7. The lowest BCUT2D eigenvalue weighted by atomic mass is 10.2. The van der Waals surface area contributed by atoms with Gasteiger partial charge in [-0.1, -0.05) is 6.08 Å². The topological polar surface area (TPSA) is 76.1 Å². The fourth-order valence-corrected chi connectivity index (χ4v) is 2.20. The molecule has 0 radical (unpaired) electrons. The number of carbonyl (C=O) groups is 2. The molecule has 1 N–H and O–H groups in total. The quantitative estimate of drug-likeness (QED) is 0.469. The first-order valence-electron chi connectivity index (χ1n) is 7.93. The monoisotopic (exact) mass is 461 g/mol. The molecule has 6 nitrogen and oxygen atoms in total. The van der Waals surface area contributed by atoms with Crippen molar-refractivity contribution in [1.29, 1.82) is 0 Å². The van der Waals surface area contributed by atoms with Gasteiger partial charge in [-0.25, -0.2) is 9.59 Å². The maximum absolute atomic E-state index is 12.3. The van der Waals surface area contributed by atoms with E-state index >= 15 is 0 Å². The third-order valence-corrected chi connectivity index (χ3v) is 3.64. The van der Waals surface area contributed by atoms with E-state index in [-0.39, 0.29) is 0 Å². The Morgan fingerprint density at radius 3 is 2.40 bits per heavy atom. The van der Waals surface area contributed by atoms with Crippen LogP contribution in [0.5, 0.6) is 5.75 Å². The van der Waals surface area contributed by atoms with E-state index in [9.17, 15) is 9.59 Å². The van der Waals surface area contributed by atoms with Crippen LogP contribution in [0.2, 0.25) is 0 Å². The summed E-state index contributed by atoms with van der Waals surface area (Å²) in [7, 11) is 0. The molecule has 0 aliphatic heterocycles. The Morgan fingerprint density at radius 2 is 1.84 bits per heavy atom. The summed E-state index contributed by atoms with van der Waals surface area (Å²) in [5.41, 5.74) is -0.594. The number of halogens is 1. The van der Waals surface area contributed by atoms with Crippen LogP contribution < -0.4 is 4.74 Å². The Hall–Kier alpha value is -1.77. The second-order valence-electron chi connectivity index (χ2n) is 6.30. The van der Waals surface area contributed by atoms with Crippen molar-refractivity contribution in [3.05, 3.63) is 40.0 Å². The van der Waals surface area contributed by atoms with Crippen LogP contribution in [-0.4, -0.2) is 47.4 Å². The number of hydrogen-bond acceptors (Lipinski definition) is 4. The van der Waals surface area contributed by atoms with Crippen LogP contribution in [0.4, 0.5) is 4.79 Å². The molecule has 0 aliphatic rings. The molecule has 138 valence electrons. The largest absolute Gasteiger partial charge is 0.492 e. The van der Waals surface area contributed by atoms with Gasteiger partial charge in [-0.3, -0.25) is 0 Å². The molecule has 1 aromatic rings. The molecule has 0 saturated heterocycles. The highest BCUT2D eigenvalue weighted by atomic mass is 127. The first kappa shape index (κ1) is 21.3. The third kappa shape index (κ3) is 9.96. The molecular weight excluding hydrogens is 437 g/mol. The van der Waals surface area contributed by atoms with Crippen molar-refractivity contribution in [1.82, 2.24) is 4.90 Å². The second-order valence-corrected chi connectivity index (χ2v) is 7.54. The van der Waals surface area contributed by atoms with E-state index in [0.29, 0.717) is 26.1 Å². The van der Waals surface area contributed by atoms with Gasteiger partial charge >= 0.3 is 12.1 Å². The summed E-state index contributed by atoms with van der Waals surface area (Å²) in [6, 6.07) is 7.63. The molecule has 0 unspecified atom stereocenters. The molecule has 0 spiro atoms. The van der Waals surface area contributed by atoms with Gasteiger partial charge in [0, 0.05) is 16.2 Å². The molecule has 7 heteroatoms. The van der Waals surface area contributed by atoms with E-state index < -0.39 is 17.7 Å². The van der Waals surface area contributed by atoms with E-state index in [1.54, 1.807) is 20.8 Å². The van der Waals surface area contributed by atoms with Crippen LogP contribution >= 0.6 is 22.6 Å². The molecular formula is C18H24INO5. The van der Waals surface area contributed by atoms with Crippen LogP contribution in [0.15, 0.2) is 36.4 Å². The highest BCUT2D eigenvalue weighted by Crippen LogP contribution is 2.14. The van der Waals surface area contributed by atoms with Crippen LogP contribution in [0.25, 0.3) is 0 Å². The zero-order valence-electron chi connectivity index (χ0n) is 14.7. The molecule has 1 amide bonds. The smallest absolute Gasteiger partial charge is 0.410 e. The number of ether oxygens (including phenoxy) is 2. The minimum atomic E-state index is -1.01. The van der Waals surface area contributed by atoms with Crippen molar-refractivity contribution in [2.24, 2.45) is 0 Å². The number of rotatable bonds is 8. The average molecular weight is 461 g/mol. The molecule has 0 saturated carbocycles. The van der Waals surface area contributed by atoms with E-state index in [4.69, 9.17) is 14.6 Å². The van der Waals surface area contributed by atoms with Crippen LogP contribution in [0.1, 0.15) is 27.2 Å². The summed E-state index contributed by atoms with van der Waals surface area (Å²) in [6.45, 7) is 6.43. The molecule has 25 heavy (non-hydrogen) atoms. The fraction of sp³-hybridized carbons (Fsp3) is 0.444. The average Bonchev–Trinajstić information content (AvgIpc) is 2.49. The molecule has 0 aromatic heterocycles. The van der Waals surface area contributed by atoms with Crippen molar-refractivity contribution in [3.8, 4) is 5.75 Å². The zero-order chi connectivity index (χ0) is 18.9. The van der Waals surface area contributed by atoms with Crippen LogP contribution in [0, 0.1) is 3.57 Å². The Balaban J connectivity index is 2.57. The van der Waals surface area contributed by atoms with Crippen molar-refractivity contribution in [2.45, 2.75) is 32.8 Å². The van der Waals surface area contributed by atoms with E-state index in [1.807, 2.05) is 24.3 Å². The Labute approximate surface area is 161 Å². The van der Waals surface area contributed by atoms with Crippen molar-refractivity contribution < 1.29 is 24.2 Å². The maximum Gasteiger partial charge on any atom is 0.410 e. The third-order valence-electron chi connectivity index (χ3n) is 2.92. The summed E-state index contributed by atoms with van der Waals surface area (Å²) in [5.74, 6) is -0.277. The lowest BCUT2D eigenvalue weighted by Gasteiger charge is -2.27. The lowest BCUT2D eigenvalue weighted by molar-refractivity contribution is -0.131. The van der Waals surface area contributed by atoms with Gasteiger partial charge < -0.3 is 19.5 Å². The van der Waals surface area contributed by atoms with Gasteiger partial charge in [-0.15, -0.1) is 0 Å². The van der Waals surface area contributed by atoms with Crippen molar-refractivity contribution in [3.63, 3.8) is 0 Å². The molecule has 0 fully saturated rings. The SMILES string of the molecule is CC(C)(C)OC(=O)N(CC/C=C/C(=O)O)CCOc1ccc(I)cc1. The highest BCUT2D eigenvalue weighted by Gasteiger charge is 2.21. The second kappa shape index (κ2) is 10.3. The minimum Gasteiger partial charge on any atom is -0.492 e. The Kier molecular flexibility index (Phi) is 8.74. The fourth-order valence-electron chi connectivity index (χ4n) is 1.84. The predicted octanol–water partition coefficient (Wildman–Crippen LogP) is 3.94. The normalized spacial score (nSPS) is 11.4. The highest BCUT2D eigenvalue weighted by molar-refractivity contribution is 14.1. The number of aliphatic carboxylic acids is 1. The predicted molar refractivity (Wildman–Crippen MR) is 104 cm³/mol. The molecule has 0 aliphatic carbocycles. The summed E-state index contributed by atoms with van der Waals surface area (Å²) < 4.78 is 12.2. The maximum atomic E-state index is 12.3. The number of carboxylic acids is 1. The summed E-state index contributed by atoms with van der Waals surface area (Å²) in [4.78, 5) is 24.3. The standard InChI is InChI=1S/C18H24INO5/c1-18(2,3)25-17(23)20(11-5-4-6-16(21)22)12-13-24-15-9-7-14(19)8-10-15/h4,6-10H,5,11-13H2,1-3H3,(H,21,22)/b6-4+. The molecule has 1 aromatic carbocycles. The number of benzene rings is 1. The lowest BCUT2D eigenvalue weighted by Crippen LogP contribution is -2.39. The van der Waals surface area contributed by atoms with E-state index in [0.717, 1.165) is 15.4 Å². The first-order valence-corrected chi connectivity index (χ1v) is 9.01. The zero-order valence-corrected chi connectivity index (χ0v) is 16.9. The molecule has 1 rings (SSSR count). The summed E-state index contributed by atoms with van der Waals surface area (Å²) >= 11 is 2.22. The Bertz CT molecular complexity index is 592. The van der Waals surface area contributed by atoms with E-state index in [2.05, 4.69) is 22.6 Å². The number of nitrogens with zero attached hydrogens (tertiary/aromatic N) is 1. The van der Waals surface area contributed by atoms with Gasteiger partial charge in [0.15, 0.2) is 0 Å². The van der Waals surface area contributed by atoms with Gasteiger partial charge in [0.2, 0.25) is 0 Å². The van der Waals surface area contributed by atoms with Crippen LogP contribution in [-0.2, 0) is 9.53 Å². The molecule has 0 atom stereocenters. The van der Waals surface area contributed by atoms with Gasteiger partial charge in [0.1, 0.15) is 18.0 Å². The molecule has 0 bridgehead atoms. The van der Waals surface area contributed by atoms with E-state index in [1.165, 1.54) is 11.0 Å². The molecule has 0 heterocycles. The van der Waals surface area contributed by atoms with Crippen molar-refractivity contribution in [2.75, 3.05) is 19.7 Å².